The Morgan fingerprint density at radius 2 is 1.68 bits per heavy atom. The van der Waals surface area contributed by atoms with Crippen LogP contribution < -0.4 is 10.0 Å². The van der Waals surface area contributed by atoms with E-state index in [9.17, 15) is 8.42 Å². The lowest BCUT2D eigenvalue weighted by atomic mass is 9.79. The maximum absolute atomic E-state index is 12.0. The molecular formula is C14H28N2O2S. The van der Waals surface area contributed by atoms with Crippen molar-refractivity contribution in [1.29, 1.82) is 0 Å². The highest BCUT2D eigenvalue weighted by Gasteiger charge is 2.27. The number of sulfonamides is 1. The summed E-state index contributed by atoms with van der Waals surface area (Å²) < 4.78 is 26.9. The van der Waals surface area contributed by atoms with Crippen molar-refractivity contribution in [2.75, 3.05) is 12.3 Å². The van der Waals surface area contributed by atoms with E-state index < -0.39 is 10.0 Å². The van der Waals surface area contributed by atoms with E-state index >= 15 is 0 Å². The summed E-state index contributed by atoms with van der Waals surface area (Å²) in [6.07, 6.45) is 6.33. The molecule has 2 N–H and O–H groups in total. The lowest BCUT2D eigenvalue weighted by Crippen LogP contribution is -2.41. The van der Waals surface area contributed by atoms with Gasteiger partial charge in [0.25, 0.3) is 0 Å². The van der Waals surface area contributed by atoms with Crippen LogP contribution in [0.3, 0.4) is 0 Å². The molecule has 0 spiro atoms. The fraction of sp³-hybridized carbons (Fsp3) is 1.00. The summed E-state index contributed by atoms with van der Waals surface area (Å²) in [6, 6.07) is 0.823. The van der Waals surface area contributed by atoms with Crippen LogP contribution in [0.25, 0.3) is 0 Å². The van der Waals surface area contributed by atoms with Gasteiger partial charge in [0, 0.05) is 12.1 Å². The van der Waals surface area contributed by atoms with Gasteiger partial charge < -0.3 is 5.32 Å². The van der Waals surface area contributed by atoms with Crippen LogP contribution in [0.4, 0.5) is 0 Å². The van der Waals surface area contributed by atoms with Gasteiger partial charge in [-0.2, -0.15) is 0 Å². The van der Waals surface area contributed by atoms with Gasteiger partial charge in [0.05, 0.1) is 5.75 Å². The van der Waals surface area contributed by atoms with Crippen molar-refractivity contribution < 1.29 is 8.42 Å². The van der Waals surface area contributed by atoms with Gasteiger partial charge in [0.2, 0.25) is 10.0 Å². The molecule has 0 aromatic heterocycles. The Morgan fingerprint density at radius 3 is 2.32 bits per heavy atom. The van der Waals surface area contributed by atoms with Crippen LogP contribution in [0.1, 0.15) is 52.4 Å². The lowest BCUT2D eigenvalue weighted by molar-refractivity contribution is 0.242. The third kappa shape index (κ3) is 5.40. The molecule has 0 heterocycles. The highest BCUT2D eigenvalue weighted by atomic mass is 32.2. The maximum atomic E-state index is 12.0. The molecule has 112 valence electrons. The van der Waals surface area contributed by atoms with Crippen LogP contribution in [0, 0.1) is 11.8 Å². The average Bonchev–Trinajstić information content (AvgIpc) is 3.13. The van der Waals surface area contributed by atoms with Crippen molar-refractivity contribution in [3.05, 3.63) is 0 Å². The topological polar surface area (TPSA) is 58.2 Å². The van der Waals surface area contributed by atoms with Crippen LogP contribution >= 0.6 is 0 Å². The van der Waals surface area contributed by atoms with Gasteiger partial charge in [0.15, 0.2) is 0 Å². The van der Waals surface area contributed by atoms with Crippen LogP contribution in [0.2, 0.25) is 0 Å². The zero-order valence-corrected chi connectivity index (χ0v) is 13.0. The van der Waals surface area contributed by atoms with Crippen LogP contribution in [0.5, 0.6) is 0 Å². The number of hydrogen-bond donors (Lipinski definition) is 2. The van der Waals surface area contributed by atoms with Crippen molar-refractivity contribution in [2.24, 2.45) is 11.8 Å². The second-order valence-electron chi connectivity index (χ2n) is 6.48. The molecule has 0 aromatic rings. The number of hydrogen-bond acceptors (Lipinski definition) is 3. The highest BCUT2D eigenvalue weighted by molar-refractivity contribution is 7.89. The average molecular weight is 288 g/mol. The van der Waals surface area contributed by atoms with Gasteiger partial charge in [-0.1, -0.05) is 13.8 Å². The van der Waals surface area contributed by atoms with Gasteiger partial charge in [-0.15, -0.1) is 0 Å². The van der Waals surface area contributed by atoms with Crippen molar-refractivity contribution in [1.82, 2.24) is 10.0 Å². The van der Waals surface area contributed by atoms with Gasteiger partial charge in [-0.3, -0.25) is 0 Å². The summed E-state index contributed by atoms with van der Waals surface area (Å²) in [5.74, 6) is 1.61. The molecule has 2 saturated carbocycles. The first-order valence-electron chi connectivity index (χ1n) is 7.69. The van der Waals surface area contributed by atoms with Gasteiger partial charge in [0.1, 0.15) is 0 Å². The zero-order valence-electron chi connectivity index (χ0n) is 12.2. The molecule has 0 amide bonds. The summed E-state index contributed by atoms with van der Waals surface area (Å²) in [5.41, 5.74) is 0. The van der Waals surface area contributed by atoms with E-state index in [1.54, 1.807) is 0 Å². The SMILES string of the molecule is CC1CCC(NS(=O)(=O)CCCNC2CC2)CC1C. The molecule has 2 fully saturated rings. The molecule has 0 bridgehead atoms. The van der Waals surface area contributed by atoms with E-state index in [1.807, 2.05) is 0 Å². The molecule has 3 unspecified atom stereocenters. The maximum Gasteiger partial charge on any atom is 0.211 e. The molecule has 0 aliphatic heterocycles. The monoisotopic (exact) mass is 288 g/mol. The summed E-state index contributed by atoms with van der Waals surface area (Å²) in [4.78, 5) is 0. The number of rotatable bonds is 7. The molecule has 3 atom stereocenters. The van der Waals surface area contributed by atoms with Gasteiger partial charge in [-0.05, 0) is 56.9 Å². The van der Waals surface area contributed by atoms with Crippen molar-refractivity contribution >= 4 is 10.0 Å². The van der Waals surface area contributed by atoms with E-state index in [0.717, 1.165) is 31.7 Å². The Hall–Kier alpha value is -0.130. The molecule has 5 heteroatoms. The van der Waals surface area contributed by atoms with Crippen molar-refractivity contribution in [3.63, 3.8) is 0 Å². The van der Waals surface area contributed by atoms with Crippen LogP contribution in [-0.2, 0) is 10.0 Å². The highest BCUT2D eigenvalue weighted by Crippen LogP contribution is 2.29. The largest absolute Gasteiger partial charge is 0.314 e. The first kappa shape index (κ1) is 15.3. The molecule has 2 rings (SSSR count). The molecule has 2 aliphatic rings. The normalized spacial score (nSPS) is 32.4. The Labute approximate surface area is 117 Å². The second-order valence-corrected chi connectivity index (χ2v) is 8.36. The fourth-order valence-corrected chi connectivity index (χ4v) is 4.19. The predicted molar refractivity (Wildman–Crippen MR) is 78.5 cm³/mol. The molecule has 0 radical (unpaired) electrons. The molecule has 0 aromatic carbocycles. The first-order valence-corrected chi connectivity index (χ1v) is 9.35. The van der Waals surface area contributed by atoms with E-state index in [-0.39, 0.29) is 11.8 Å². The third-order valence-corrected chi connectivity index (χ3v) is 6.06. The molecule has 4 nitrogen and oxygen atoms in total. The Kier molecular flexibility index (Phi) is 5.26. The third-order valence-electron chi connectivity index (χ3n) is 4.54. The zero-order chi connectivity index (χ0) is 13.9. The quantitative estimate of drug-likeness (QED) is 0.703. The molecule has 2 aliphatic carbocycles. The molecular weight excluding hydrogens is 260 g/mol. The van der Waals surface area contributed by atoms with Gasteiger partial charge in [-0.25, -0.2) is 13.1 Å². The van der Waals surface area contributed by atoms with Crippen molar-refractivity contribution in [3.8, 4) is 0 Å². The van der Waals surface area contributed by atoms with E-state index in [2.05, 4.69) is 23.9 Å². The van der Waals surface area contributed by atoms with Crippen LogP contribution in [0.15, 0.2) is 0 Å². The fourth-order valence-electron chi connectivity index (χ4n) is 2.82. The summed E-state index contributed by atoms with van der Waals surface area (Å²) >= 11 is 0. The minimum atomic E-state index is -3.09. The molecule has 19 heavy (non-hydrogen) atoms. The number of nitrogens with one attached hydrogen (secondary N) is 2. The van der Waals surface area contributed by atoms with E-state index in [0.29, 0.717) is 18.4 Å². The Bertz CT molecular complexity index is 379. The molecule has 0 saturated heterocycles. The predicted octanol–water partition coefficient (Wildman–Crippen LogP) is 1.87. The summed E-state index contributed by atoms with van der Waals surface area (Å²) in [7, 11) is -3.09. The van der Waals surface area contributed by atoms with E-state index in [1.165, 1.54) is 12.8 Å². The van der Waals surface area contributed by atoms with Gasteiger partial charge >= 0.3 is 0 Å². The minimum absolute atomic E-state index is 0.160. The van der Waals surface area contributed by atoms with E-state index in [4.69, 9.17) is 0 Å². The summed E-state index contributed by atoms with van der Waals surface area (Å²) in [6.45, 7) is 5.31. The first-order chi connectivity index (χ1) is 8.96. The Balaban J connectivity index is 1.67. The minimum Gasteiger partial charge on any atom is -0.314 e. The Morgan fingerprint density at radius 1 is 1.00 bits per heavy atom. The summed E-state index contributed by atoms with van der Waals surface area (Å²) in [5, 5.41) is 3.35. The second kappa shape index (κ2) is 6.55. The van der Waals surface area contributed by atoms with Crippen LogP contribution in [-0.4, -0.2) is 32.8 Å². The lowest BCUT2D eigenvalue weighted by Gasteiger charge is -2.32. The van der Waals surface area contributed by atoms with Crippen molar-refractivity contribution in [2.45, 2.75) is 64.5 Å². The standard InChI is InChI=1S/C14H28N2O2S/c1-11-4-5-14(10-12(11)2)16-19(17,18)9-3-8-15-13-6-7-13/h11-16H,3-10H2,1-2H3. The smallest absolute Gasteiger partial charge is 0.211 e.